The number of nitrogens with zero attached hydrogens (tertiary/aromatic N) is 3. The Morgan fingerprint density at radius 2 is 2.00 bits per heavy atom. The minimum absolute atomic E-state index is 0.145. The Labute approximate surface area is 137 Å². The predicted octanol–water partition coefficient (Wildman–Crippen LogP) is 2.44. The fourth-order valence-corrected chi connectivity index (χ4v) is 2.33. The number of benzene rings is 2. The summed E-state index contributed by atoms with van der Waals surface area (Å²) >= 11 is 0. The van der Waals surface area contributed by atoms with Crippen molar-refractivity contribution < 1.29 is 9.66 Å². The molecule has 2 aromatic carbocycles. The van der Waals surface area contributed by atoms with Crippen LogP contribution in [0, 0.1) is 10.1 Å². The van der Waals surface area contributed by atoms with E-state index in [2.05, 4.69) is 15.2 Å². The normalized spacial score (nSPS) is 11.9. The first kappa shape index (κ1) is 15.6. The van der Waals surface area contributed by atoms with Crippen molar-refractivity contribution in [3.63, 3.8) is 0 Å². The lowest BCUT2D eigenvalue weighted by Gasteiger charge is -2.07. The summed E-state index contributed by atoms with van der Waals surface area (Å²) in [5, 5.41) is 18.0. The zero-order chi connectivity index (χ0) is 17.1. The fraction of sp³-hybridized carbons (Fsp3) is 0.125. The summed E-state index contributed by atoms with van der Waals surface area (Å²) in [5.41, 5.74) is 7.42. The number of nitrogens with two attached hydrogens (primary N) is 1. The lowest BCUT2D eigenvalue weighted by atomic mass is 10.1. The van der Waals surface area contributed by atoms with Crippen LogP contribution in [0.25, 0.3) is 11.4 Å². The molecule has 0 aliphatic heterocycles. The second-order valence-electron chi connectivity index (χ2n) is 5.08. The Kier molecular flexibility index (Phi) is 4.21. The van der Waals surface area contributed by atoms with E-state index >= 15 is 0 Å². The van der Waals surface area contributed by atoms with E-state index in [9.17, 15) is 10.1 Å². The van der Waals surface area contributed by atoms with Gasteiger partial charge in [0.1, 0.15) is 5.82 Å². The highest BCUT2D eigenvalue weighted by Crippen LogP contribution is 2.31. The standard InChI is InChI=1S/C16H15N5O3/c1-24-13-8-7-11(9-12(13)21(22)23)15-18-16(20-19-15)14(17)10-5-3-2-4-6-10/h2-9,14H,17H2,1H3,(H,18,19,20). The molecule has 0 saturated heterocycles. The van der Waals surface area contributed by atoms with Gasteiger partial charge in [-0.25, -0.2) is 4.98 Å². The van der Waals surface area contributed by atoms with Gasteiger partial charge in [0, 0.05) is 11.6 Å². The molecule has 0 saturated carbocycles. The molecule has 8 nitrogen and oxygen atoms in total. The number of aromatic amines is 1. The van der Waals surface area contributed by atoms with Gasteiger partial charge in [0.2, 0.25) is 0 Å². The quantitative estimate of drug-likeness (QED) is 0.549. The monoisotopic (exact) mass is 325 g/mol. The van der Waals surface area contributed by atoms with E-state index < -0.39 is 11.0 Å². The number of ether oxygens (including phenoxy) is 1. The van der Waals surface area contributed by atoms with Crippen molar-refractivity contribution in [3.8, 4) is 17.1 Å². The minimum Gasteiger partial charge on any atom is -0.490 e. The van der Waals surface area contributed by atoms with Gasteiger partial charge < -0.3 is 10.5 Å². The molecule has 0 aliphatic rings. The number of hydrogen-bond acceptors (Lipinski definition) is 6. The molecule has 1 atom stereocenters. The van der Waals surface area contributed by atoms with Crippen molar-refractivity contribution >= 4 is 5.69 Å². The van der Waals surface area contributed by atoms with E-state index in [0.717, 1.165) is 5.56 Å². The summed E-state index contributed by atoms with van der Waals surface area (Å²) in [6, 6.07) is 13.6. The molecule has 1 heterocycles. The third-order valence-electron chi connectivity index (χ3n) is 3.59. The second kappa shape index (κ2) is 6.47. The van der Waals surface area contributed by atoms with E-state index in [1.807, 2.05) is 30.3 Å². The van der Waals surface area contributed by atoms with Crippen LogP contribution in [0.1, 0.15) is 17.4 Å². The van der Waals surface area contributed by atoms with Crippen LogP contribution >= 0.6 is 0 Å². The van der Waals surface area contributed by atoms with Crippen molar-refractivity contribution in [2.45, 2.75) is 6.04 Å². The molecular weight excluding hydrogens is 310 g/mol. The van der Waals surface area contributed by atoms with Gasteiger partial charge in [-0.15, -0.1) is 0 Å². The molecule has 0 bridgehead atoms. The summed E-state index contributed by atoms with van der Waals surface area (Å²) in [7, 11) is 1.38. The third-order valence-corrected chi connectivity index (χ3v) is 3.59. The van der Waals surface area contributed by atoms with Gasteiger partial charge in [-0.1, -0.05) is 30.3 Å². The molecule has 0 amide bonds. The van der Waals surface area contributed by atoms with Crippen LogP contribution in [0.15, 0.2) is 48.5 Å². The van der Waals surface area contributed by atoms with Crippen LogP contribution in [0.5, 0.6) is 5.75 Å². The highest BCUT2D eigenvalue weighted by molar-refractivity contribution is 5.63. The number of nitro groups is 1. The van der Waals surface area contributed by atoms with Crippen molar-refractivity contribution in [1.29, 1.82) is 0 Å². The van der Waals surface area contributed by atoms with Gasteiger partial charge in [0.05, 0.1) is 18.1 Å². The van der Waals surface area contributed by atoms with E-state index in [0.29, 0.717) is 17.2 Å². The van der Waals surface area contributed by atoms with Crippen molar-refractivity contribution in [3.05, 3.63) is 70.0 Å². The summed E-state index contributed by atoms with van der Waals surface area (Å²) in [6.45, 7) is 0. The van der Waals surface area contributed by atoms with Crippen LogP contribution in [0.3, 0.4) is 0 Å². The van der Waals surface area contributed by atoms with Crippen molar-refractivity contribution in [1.82, 2.24) is 15.2 Å². The summed E-state index contributed by atoms with van der Waals surface area (Å²) in [4.78, 5) is 15.0. The van der Waals surface area contributed by atoms with Crippen LogP contribution in [0.4, 0.5) is 5.69 Å². The molecule has 3 N–H and O–H groups in total. The molecule has 0 fully saturated rings. The Hall–Kier alpha value is -3.26. The van der Waals surface area contributed by atoms with Gasteiger partial charge >= 0.3 is 5.69 Å². The first-order chi connectivity index (χ1) is 11.6. The number of aromatic nitrogens is 3. The maximum atomic E-state index is 11.1. The van der Waals surface area contributed by atoms with E-state index in [1.165, 1.54) is 19.2 Å². The maximum Gasteiger partial charge on any atom is 0.311 e. The highest BCUT2D eigenvalue weighted by Gasteiger charge is 2.19. The molecular formula is C16H15N5O3. The van der Waals surface area contributed by atoms with Crippen LogP contribution in [-0.2, 0) is 0 Å². The Bertz CT molecular complexity index is 863. The molecule has 0 spiro atoms. The molecule has 24 heavy (non-hydrogen) atoms. The lowest BCUT2D eigenvalue weighted by molar-refractivity contribution is -0.385. The lowest BCUT2D eigenvalue weighted by Crippen LogP contribution is -2.13. The molecule has 0 aliphatic carbocycles. The number of methoxy groups -OCH3 is 1. The summed E-state index contributed by atoms with van der Waals surface area (Å²) < 4.78 is 4.99. The second-order valence-corrected chi connectivity index (χ2v) is 5.08. The first-order valence-corrected chi connectivity index (χ1v) is 7.15. The topological polar surface area (TPSA) is 120 Å². The zero-order valence-electron chi connectivity index (χ0n) is 12.8. The van der Waals surface area contributed by atoms with Crippen molar-refractivity contribution in [2.24, 2.45) is 5.73 Å². The van der Waals surface area contributed by atoms with E-state index in [4.69, 9.17) is 10.5 Å². The number of H-pyrrole nitrogens is 1. The number of nitrogens with one attached hydrogen (secondary N) is 1. The molecule has 1 aromatic heterocycles. The minimum atomic E-state index is -0.508. The van der Waals surface area contributed by atoms with E-state index in [1.54, 1.807) is 6.07 Å². The largest absolute Gasteiger partial charge is 0.490 e. The average Bonchev–Trinajstić information content (AvgIpc) is 3.11. The highest BCUT2D eigenvalue weighted by atomic mass is 16.6. The summed E-state index contributed by atoms with van der Waals surface area (Å²) in [6.07, 6.45) is 0. The van der Waals surface area contributed by atoms with Gasteiger partial charge in [0.25, 0.3) is 0 Å². The Balaban J connectivity index is 1.93. The van der Waals surface area contributed by atoms with Gasteiger partial charge in [-0.2, -0.15) is 5.10 Å². The average molecular weight is 325 g/mol. The molecule has 8 heteroatoms. The van der Waals surface area contributed by atoms with Crippen molar-refractivity contribution in [2.75, 3.05) is 7.11 Å². The fourth-order valence-electron chi connectivity index (χ4n) is 2.33. The molecule has 1 unspecified atom stereocenters. The zero-order valence-corrected chi connectivity index (χ0v) is 12.8. The van der Waals surface area contributed by atoms with Crippen LogP contribution < -0.4 is 10.5 Å². The van der Waals surface area contributed by atoms with Crippen LogP contribution in [-0.4, -0.2) is 27.2 Å². The molecule has 3 rings (SSSR count). The third kappa shape index (κ3) is 2.95. The Morgan fingerprint density at radius 1 is 1.25 bits per heavy atom. The van der Waals surface area contributed by atoms with Gasteiger partial charge in [-0.3, -0.25) is 15.2 Å². The van der Waals surface area contributed by atoms with Gasteiger partial charge in [-0.05, 0) is 17.7 Å². The smallest absolute Gasteiger partial charge is 0.311 e. The molecule has 3 aromatic rings. The molecule has 0 radical (unpaired) electrons. The Morgan fingerprint density at radius 3 is 2.67 bits per heavy atom. The van der Waals surface area contributed by atoms with Gasteiger partial charge in [0.15, 0.2) is 11.6 Å². The first-order valence-electron chi connectivity index (χ1n) is 7.15. The number of nitro benzene ring substituents is 1. The summed E-state index contributed by atoms with van der Waals surface area (Å²) in [5.74, 6) is 0.998. The SMILES string of the molecule is COc1ccc(-c2n[nH]c(C(N)c3ccccc3)n2)cc1[N+](=O)[O-]. The number of hydrogen-bond donors (Lipinski definition) is 2. The number of rotatable bonds is 5. The maximum absolute atomic E-state index is 11.1. The van der Waals surface area contributed by atoms with E-state index in [-0.39, 0.29) is 11.4 Å². The predicted molar refractivity (Wildman–Crippen MR) is 87.5 cm³/mol. The molecule has 122 valence electrons. The van der Waals surface area contributed by atoms with Crippen LogP contribution in [0.2, 0.25) is 0 Å².